The average Bonchev–Trinajstić information content (AvgIpc) is 3.25. The van der Waals surface area contributed by atoms with Crippen LogP contribution in [-0.2, 0) is 17.5 Å². The second kappa shape index (κ2) is 8.19. The predicted molar refractivity (Wildman–Crippen MR) is 112 cm³/mol. The van der Waals surface area contributed by atoms with Crippen LogP contribution in [0.15, 0.2) is 30.3 Å². The number of hydrogen-bond donors (Lipinski definition) is 1. The van der Waals surface area contributed by atoms with Crippen LogP contribution in [0, 0.1) is 25.2 Å². The second-order valence-electron chi connectivity index (χ2n) is 8.47. The molecule has 1 N–H and O–H groups in total. The van der Waals surface area contributed by atoms with Crippen LogP contribution in [0.3, 0.4) is 0 Å². The highest BCUT2D eigenvalue weighted by Gasteiger charge is 2.34. The monoisotopic (exact) mass is 444 g/mol. The molecular formula is C23H23F3N4O2. The molecule has 3 aromatic rings. The van der Waals surface area contributed by atoms with Gasteiger partial charge >= 0.3 is 12.1 Å². The predicted octanol–water partition coefficient (Wildman–Crippen LogP) is 5.39. The standard InChI is InChI=1S/C23H23F3N4O2/c1-13-19(16-8-6-15(11-27)7-9-16)20(21(31)32-22(3,4)5)14(2)30(13)12-17-10-18(29-28-17)23(24,25)26/h6-10H,12H2,1-5H3,(H,28,29). The number of esters is 1. The maximum absolute atomic E-state index is 13.1. The number of nitriles is 1. The van der Waals surface area contributed by atoms with Gasteiger partial charge in [-0.2, -0.15) is 23.5 Å². The first kappa shape index (κ1) is 23.1. The van der Waals surface area contributed by atoms with E-state index in [-0.39, 0.29) is 12.2 Å². The van der Waals surface area contributed by atoms with Crippen molar-refractivity contribution in [1.82, 2.24) is 14.8 Å². The summed E-state index contributed by atoms with van der Waals surface area (Å²) < 4.78 is 46.2. The molecule has 0 amide bonds. The van der Waals surface area contributed by atoms with Gasteiger partial charge in [0.1, 0.15) is 5.60 Å². The Morgan fingerprint density at radius 2 is 1.78 bits per heavy atom. The third-order valence-corrected chi connectivity index (χ3v) is 4.94. The molecule has 0 spiro atoms. The molecule has 1 aromatic carbocycles. The molecule has 0 aliphatic rings. The molecule has 2 aromatic heterocycles. The molecule has 0 saturated carbocycles. The van der Waals surface area contributed by atoms with Crippen molar-refractivity contribution in [2.24, 2.45) is 0 Å². The summed E-state index contributed by atoms with van der Waals surface area (Å²) in [5, 5.41) is 14.8. The Balaban J connectivity index is 2.13. The number of carbonyl (C=O) groups excluding carboxylic acids is 1. The van der Waals surface area contributed by atoms with Crippen LogP contribution in [0.4, 0.5) is 13.2 Å². The first-order valence-corrected chi connectivity index (χ1v) is 9.87. The molecular weight excluding hydrogens is 421 g/mol. The Morgan fingerprint density at radius 3 is 2.28 bits per heavy atom. The van der Waals surface area contributed by atoms with Crippen LogP contribution in [0.1, 0.15) is 59.5 Å². The SMILES string of the molecule is Cc1c(C(=O)OC(C)(C)C)c(-c2ccc(C#N)cc2)c(C)n1Cc1cc(C(F)(F)F)n[nH]1. The van der Waals surface area contributed by atoms with E-state index < -0.39 is 23.4 Å². The number of benzene rings is 1. The van der Waals surface area contributed by atoms with Gasteiger partial charge in [-0.25, -0.2) is 4.79 Å². The number of nitrogens with one attached hydrogen (secondary N) is 1. The molecule has 6 nitrogen and oxygen atoms in total. The summed E-state index contributed by atoms with van der Waals surface area (Å²) >= 11 is 0. The Morgan fingerprint density at radius 1 is 1.16 bits per heavy atom. The van der Waals surface area contributed by atoms with Crippen LogP contribution in [-0.4, -0.2) is 26.3 Å². The molecule has 0 atom stereocenters. The van der Waals surface area contributed by atoms with Gasteiger partial charge in [-0.3, -0.25) is 5.10 Å². The second-order valence-corrected chi connectivity index (χ2v) is 8.47. The minimum Gasteiger partial charge on any atom is -0.456 e. The lowest BCUT2D eigenvalue weighted by atomic mass is 9.99. The summed E-state index contributed by atoms with van der Waals surface area (Å²) in [7, 11) is 0. The number of aromatic nitrogens is 3. The molecule has 0 aliphatic heterocycles. The molecule has 0 aliphatic carbocycles. The summed E-state index contributed by atoms with van der Waals surface area (Å²) in [6.07, 6.45) is -4.55. The number of hydrogen-bond acceptors (Lipinski definition) is 4. The molecule has 32 heavy (non-hydrogen) atoms. The smallest absolute Gasteiger partial charge is 0.435 e. The lowest BCUT2D eigenvalue weighted by Crippen LogP contribution is -2.24. The van der Waals surface area contributed by atoms with Gasteiger partial charge in [0.2, 0.25) is 0 Å². The van der Waals surface area contributed by atoms with Crippen LogP contribution in [0.25, 0.3) is 11.1 Å². The molecule has 2 heterocycles. The summed E-state index contributed by atoms with van der Waals surface area (Å²) in [5.41, 5.74) is 1.86. The van der Waals surface area contributed by atoms with Crippen LogP contribution in [0.2, 0.25) is 0 Å². The molecule has 0 unspecified atom stereocenters. The van der Waals surface area contributed by atoms with Crippen LogP contribution in [0.5, 0.6) is 0 Å². The van der Waals surface area contributed by atoms with Crippen LogP contribution >= 0.6 is 0 Å². The van der Waals surface area contributed by atoms with Crippen LogP contribution < -0.4 is 0 Å². The molecule has 0 radical (unpaired) electrons. The highest BCUT2D eigenvalue weighted by Crippen LogP contribution is 2.35. The zero-order chi connectivity index (χ0) is 23.8. The van der Waals surface area contributed by atoms with Gasteiger partial charge in [-0.05, 0) is 58.4 Å². The molecule has 9 heteroatoms. The maximum Gasteiger partial charge on any atom is 0.435 e. The van der Waals surface area contributed by atoms with E-state index in [4.69, 9.17) is 10.00 Å². The van der Waals surface area contributed by atoms with Gasteiger partial charge in [-0.15, -0.1) is 0 Å². The molecule has 0 saturated heterocycles. The number of halogens is 3. The van der Waals surface area contributed by atoms with E-state index in [2.05, 4.69) is 16.3 Å². The van der Waals surface area contributed by atoms with E-state index >= 15 is 0 Å². The Labute approximate surface area is 183 Å². The molecule has 0 fully saturated rings. The first-order chi connectivity index (χ1) is 14.8. The largest absolute Gasteiger partial charge is 0.456 e. The average molecular weight is 444 g/mol. The highest BCUT2D eigenvalue weighted by molar-refractivity contribution is 6.00. The number of carbonyl (C=O) groups is 1. The number of alkyl halides is 3. The van der Waals surface area contributed by atoms with Gasteiger partial charge in [-0.1, -0.05) is 12.1 Å². The van der Waals surface area contributed by atoms with Gasteiger partial charge in [0.05, 0.1) is 29.4 Å². The number of rotatable bonds is 4. The van der Waals surface area contributed by atoms with Crippen molar-refractivity contribution in [3.05, 3.63) is 64.2 Å². The summed E-state index contributed by atoms with van der Waals surface area (Å²) in [6, 6.07) is 9.76. The summed E-state index contributed by atoms with van der Waals surface area (Å²) in [4.78, 5) is 13.1. The maximum atomic E-state index is 13.1. The first-order valence-electron chi connectivity index (χ1n) is 9.87. The fraction of sp³-hybridized carbons (Fsp3) is 0.348. The van der Waals surface area contributed by atoms with E-state index in [1.54, 1.807) is 63.5 Å². The number of aromatic amines is 1. The fourth-order valence-electron chi connectivity index (χ4n) is 3.52. The normalized spacial score (nSPS) is 12.0. The van der Waals surface area contributed by atoms with E-state index in [1.165, 1.54) is 0 Å². The molecule has 3 rings (SSSR count). The third-order valence-electron chi connectivity index (χ3n) is 4.94. The quantitative estimate of drug-likeness (QED) is 0.547. The molecule has 168 valence electrons. The van der Waals surface area contributed by atoms with Crippen molar-refractivity contribution in [2.45, 2.75) is 52.9 Å². The van der Waals surface area contributed by atoms with E-state index in [9.17, 15) is 18.0 Å². The fourth-order valence-corrected chi connectivity index (χ4v) is 3.52. The number of H-pyrrole nitrogens is 1. The van der Waals surface area contributed by atoms with Crippen molar-refractivity contribution in [1.29, 1.82) is 5.26 Å². The Bertz CT molecular complexity index is 1190. The van der Waals surface area contributed by atoms with Gasteiger partial charge in [0.15, 0.2) is 5.69 Å². The summed E-state index contributed by atoms with van der Waals surface area (Å²) in [6.45, 7) is 8.85. The minimum absolute atomic E-state index is 0.0623. The van der Waals surface area contributed by atoms with Gasteiger partial charge in [0.25, 0.3) is 0 Å². The molecule has 0 bridgehead atoms. The third kappa shape index (κ3) is 4.69. The van der Waals surface area contributed by atoms with Gasteiger partial charge < -0.3 is 9.30 Å². The number of ether oxygens (including phenoxy) is 1. The van der Waals surface area contributed by atoms with Crippen molar-refractivity contribution < 1.29 is 22.7 Å². The van der Waals surface area contributed by atoms with Gasteiger partial charge in [0, 0.05) is 17.0 Å². The Hall–Kier alpha value is -3.54. The zero-order valence-electron chi connectivity index (χ0n) is 18.4. The highest BCUT2D eigenvalue weighted by atomic mass is 19.4. The summed E-state index contributed by atoms with van der Waals surface area (Å²) in [5.74, 6) is -0.531. The van der Waals surface area contributed by atoms with Crippen molar-refractivity contribution >= 4 is 5.97 Å². The zero-order valence-corrected chi connectivity index (χ0v) is 18.4. The number of nitrogens with zero attached hydrogens (tertiary/aromatic N) is 3. The van der Waals surface area contributed by atoms with E-state index in [0.29, 0.717) is 33.6 Å². The minimum atomic E-state index is -4.55. The van der Waals surface area contributed by atoms with Crippen molar-refractivity contribution in [3.63, 3.8) is 0 Å². The van der Waals surface area contributed by atoms with E-state index in [0.717, 1.165) is 6.07 Å². The Kier molecular flexibility index (Phi) is 5.92. The van der Waals surface area contributed by atoms with Crippen molar-refractivity contribution in [3.8, 4) is 17.2 Å². The lowest BCUT2D eigenvalue weighted by molar-refractivity contribution is -0.141. The van der Waals surface area contributed by atoms with E-state index in [1.807, 2.05) is 0 Å². The van der Waals surface area contributed by atoms with Crippen molar-refractivity contribution in [2.75, 3.05) is 0 Å². The lowest BCUT2D eigenvalue weighted by Gasteiger charge is -2.20. The topological polar surface area (TPSA) is 83.7 Å².